The minimum absolute atomic E-state index is 0.00973. The van der Waals surface area contributed by atoms with Crippen molar-refractivity contribution in [2.75, 3.05) is 0 Å². The summed E-state index contributed by atoms with van der Waals surface area (Å²) in [6.45, 7) is 0. The molecule has 0 saturated heterocycles. The molecule has 0 radical (unpaired) electrons. The Balaban J connectivity index is 3.00. The summed E-state index contributed by atoms with van der Waals surface area (Å²) in [4.78, 5) is 10.3. The predicted octanol–water partition coefficient (Wildman–Crippen LogP) is 2.76. The summed E-state index contributed by atoms with van der Waals surface area (Å²) in [6.07, 6.45) is 1.14. The lowest BCUT2D eigenvalue weighted by Crippen LogP contribution is -1.82. The molecule has 0 aromatic carbocycles. The second kappa shape index (κ2) is 4.03. The molecule has 0 aliphatic carbocycles. The molecule has 0 spiro atoms. The first-order valence-electron chi connectivity index (χ1n) is 3.13. The minimum Gasteiger partial charge on any atom is -0.258 e. The maximum atomic E-state index is 10.3. The molecule has 0 atom stereocenters. The number of hydrogen-bond donors (Lipinski definition) is 0. The van der Waals surface area contributed by atoms with E-state index in [1.54, 1.807) is 6.07 Å². The first-order chi connectivity index (χ1) is 6.15. The Morgan fingerprint density at radius 3 is 3.00 bits per heavy atom. The van der Waals surface area contributed by atoms with Crippen LogP contribution in [0.3, 0.4) is 0 Å². The highest BCUT2D eigenvalue weighted by Gasteiger charge is 2.10. The lowest BCUT2D eigenvalue weighted by atomic mass is 10.4. The largest absolute Gasteiger partial charge is 0.280 e. The third-order valence-electron chi connectivity index (χ3n) is 1.22. The zero-order chi connectivity index (χ0) is 9.84. The highest BCUT2D eigenvalue weighted by molar-refractivity contribution is 7.12. The monoisotopic (exact) mass is 214 g/mol. The summed E-state index contributed by atoms with van der Waals surface area (Å²) in [5, 5.41) is 20.2. The average Bonchev–Trinajstić information content (AvgIpc) is 2.52. The van der Waals surface area contributed by atoms with Crippen LogP contribution < -0.4 is 0 Å². The molecule has 1 heterocycles. The van der Waals surface area contributed by atoms with Crippen molar-refractivity contribution in [3.63, 3.8) is 0 Å². The summed E-state index contributed by atoms with van der Waals surface area (Å²) < 4.78 is 0. The van der Waals surface area contributed by atoms with Gasteiger partial charge in [-0.1, -0.05) is 11.6 Å². The van der Waals surface area contributed by atoms with Gasteiger partial charge in [0.1, 0.15) is 0 Å². The summed E-state index contributed by atoms with van der Waals surface area (Å²) in [7, 11) is 0. The van der Waals surface area contributed by atoms with Crippen molar-refractivity contribution in [1.29, 1.82) is 5.26 Å². The van der Waals surface area contributed by atoms with Crippen molar-refractivity contribution >= 4 is 33.7 Å². The van der Waals surface area contributed by atoms with Crippen LogP contribution in [0.5, 0.6) is 0 Å². The van der Waals surface area contributed by atoms with Crippen molar-refractivity contribution in [3.8, 4) is 6.07 Å². The number of nitriles is 1. The van der Waals surface area contributed by atoms with Gasteiger partial charge in [-0.05, 0) is 0 Å². The molecule has 0 saturated carbocycles. The molecule has 0 N–H and O–H groups in total. The van der Waals surface area contributed by atoms with Crippen LogP contribution in [0.4, 0.5) is 5.69 Å². The number of hydrogen-bond acceptors (Lipinski definition) is 4. The summed E-state index contributed by atoms with van der Waals surface area (Å²) in [5.74, 6) is 0. The van der Waals surface area contributed by atoms with E-state index in [2.05, 4.69) is 0 Å². The van der Waals surface area contributed by atoms with Crippen molar-refractivity contribution in [1.82, 2.24) is 0 Å². The fourth-order valence-corrected chi connectivity index (χ4v) is 1.67. The Bertz CT molecular complexity index is 405. The quantitative estimate of drug-likeness (QED) is 0.432. The summed E-state index contributed by atoms with van der Waals surface area (Å²) in [6, 6.07) is 3.08. The van der Waals surface area contributed by atoms with Crippen LogP contribution in [0.15, 0.2) is 17.5 Å². The Labute approximate surface area is 82.8 Å². The zero-order valence-electron chi connectivity index (χ0n) is 6.23. The number of nitro groups is 1. The van der Waals surface area contributed by atoms with Gasteiger partial charge in [0.15, 0.2) is 0 Å². The lowest BCUT2D eigenvalue weighted by Gasteiger charge is -1.86. The third-order valence-corrected chi connectivity index (χ3v) is 2.60. The average molecular weight is 215 g/mol. The van der Waals surface area contributed by atoms with Crippen molar-refractivity contribution in [2.24, 2.45) is 0 Å². The molecule has 66 valence electrons. The first kappa shape index (κ1) is 9.71. The zero-order valence-corrected chi connectivity index (χ0v) is 7.80. The Morgan fingerprint density at radius 1 is 1.85 bits per heavy atom. The second-order valence-corrected chi connectivity index (χ2v) is 3.37. The van der Waals surface area contributed by atoms with E-state index in [-0.39, 0.29) is 10.7 Å². The van der Waals surface area contributed by atoms with Gasteiger partial charge in [0, 0.05) is 12.1 Å². The van der Waals surface area contributed by atoms with Crippen LogP contribution in [0.1, 0.15) is 4.88 Å². The van der Waals surface area contributed by atoms with Crippen LogP contribution in [-0.4, -0.2) is 4.92 Å². The number of thiophene rings is 1. The van der Waals surface area contributed by atoms with E-state index in [0.29, 0.717) is 4.88 Å². The van der Waals surface area contributed by atoms with Crippen LogP contribution in [0.2, 0.25) is 0 Å². The molecule has 0 unspecified atom stereocenters. The van der Waals surface area contributed by atoms with E-state index in [9.17, 15) is 10.1 Å². The molecular formula is C7H3ClN2O2S. The van der Waals surface area contributed by atoms with Crippen molar-refractivity contribution in [2.45, 2.75) is 0 Å². The smallest absolute Gasteiger partial charge is 0.258 e. The molecule has 4 nitrogen and oxygen atoms in total. The lowest BCUT2D eigenvalue weighted by molar-refractivity contribution is -0.384. The second-order valence-electron chi connectivity index (χ2n) is 2.05. The van der Waals surface area contributed by atoms with E-state index in [1.807, 2.05) is 0 Å². The van der Waals surface area contributed by atoms with Gasteiger partial charge in [0.25, 0.3) is 5.69 Å². The topological polar surface area (TPSA) is 66.9 Å². The van der Waals surface area contributed by atoms with Gasteiger partial charge in [-0.15, -0.1) is 11.3 Å². The third kappa shape index (κ3) is 2.28. The number of nitrogens with zero attached hydrogens (tertiary/aromatic N) is 2. The SMILES string of the molecule is N#C/C=C(\Cl)c1cc([N+](=O)[O-])cs1. The highest BCUT2D eigenvalue weighted by Crippen LogP contribution is 2.29. The maximum absolute atomic E-state index is 10.3. The standard InChI is InChI=1S/C7H3ClN2O2S/c8-6(1-2-9)7-3-5(4-13-7)10(11)12/h1,3-4H/b6-1-. The molecular weight excluding hydrogens is 212 g/mol. The molecule has 1 aromatic rings. The fourth-order valence-electron chi connectivity index (χ4n) is 0.675. The molecule has 0 amide bonds. The van der Waals surface area contributed by atoms with Gasteiger partial charge in [-0.3, -0.25) is 10.1 Å². The maximum Gasteiger partial charge on any atom is 0.280 e. The Morgan fingerprint density at radius 2 is 2.54 bits per heavy atom. The number of rotatable bonds is 2. The molecule has 0 aliphatic heterocycles. The molecule has 13 heavy (non-hydrogen) atoms. The normalized spacial score (nSPS) is 10.9. The van der Waals surface area contributed by atoms with Gasteiger partial charge in [0.2, 0.25) is 0 Å². The van der Waals surface area contributed by atoms with Crippen LogP contribution in [-0.2, 0) is 0 Å². The minimum atomic E-state index is -0.503. The fraction of sp³-hybridized carbons (Fsp3) is 0. The first-order valence-corrected chi connectivity index (χ1v) is 4.39. The van der Waals surface area contributed by atoms with Crippen molar-refractivity contribution < 1.29 is 4.92 Å². The molecule has 6 heteroatoms. The predicted molar refractivity (Wildman–Crippen MR) is 50.4 cm³/mol. The van der Waals surface area contributed by atoms with E-state index in [0.717, 1.165) is 17.4 Å². The van der Waals surface area contributed by atoms with E-state index < -0.39 is 4.92 Å². The van der Waals surface area contributed by atoms with Gasteiger partial charge in [-0.25, -0.2) is 0 Å². The molecule has 1 rings (SSSR count). The molecule has 0 bridgehead atoms. The summed E-state index contributed by atoms with van der Waals surface area (Å²) >= 11 is 6.78. The summed E-state index contributed by atoms with van der Waals surface area (Å²) in [5.41, 5.74) is -0.00973. The van der Waals surface area contributed by atoms with E-state index in [4.69, 9.17) is 16.9 Å². The highest BCUT2D eigenvalue weighted by atomic mass is 35.5. The van der Waals surface area contributed by atoms with Crippen LogP contribution in [0, 0.1) is 21.4 Å². The van der Waals surface area contributed by atoms with Crippen LogP contribution >= 0.6 is 22.9 Å². The molecule has 0 fully saturated rings. The number of allylic oxidation sites excluding steroid dienone is 1. The van der Waals surface area contributed by atoms with Gasteiger partial charge in [0.05, 0.1) is 26.3 Å². The Kier molecular flexibility index (Phi) is 3.01. The molecule has 0 aliphatic rings. The molecule has 1 aromatic heterocycles. The number of halogens is 1. The van der Waals surface area contributed by atoms with Crippen LogP contribution in [0.25, 0.3) is 5.03 Å². The van der Waals surface area contributed by atoms with E-state index in [1.165, 1.54) is 11.4 Å². The van der Waals surface area contributed by atoms with Gasteiger partial charge < -0.3 is 0 Å². The Hall–Kier alpha value is -1.38. The van der Waals surface area contributed by atoms with Gasteiger partial charge in [-0.2, -0.15) is 5.26 Å². The van der Waals surface area contributed by atoms with E-state index >= 15 is 0 Å². The van der Waals surface area contributed by atoms with Gasteiger partial charge >= 0.3 is 0 Å². The van der Waals surface area contributed by atoms with Crippen molar-refractivity contribution in [3.05, 3.63) is 32.5 Å².